The Morgan fingerprint density at radius 3 is 3.00 bits per heavy atom. The molecule has 1 aliphatic carbocycles. The first-order valence-electron chi connectivity index (χ1n) is 4.43. The van der Waals surface area contributed by atoms with Crippen LogP contribution in [0, 0.1) is 17.9 Å². The number of hydrogen-bond acceptors (Lipinski definition) is 3. The van der Waals surface area contributed by atoms with Gasteiger partial charge in [-0.25, -0.2) is 4.98 Å². The zero-order valence-corrected chi connectivity index (χ0v) is 7.53. The lowest BCUT2D eigenvalue weighted by molar-refractivity contribution is 0.0968. The Labute approximate surface area is 81.8 Å². The standard InChI is InChI=1S/C10H9N3O/c14-10(9-7-11-5-6-12-9)13-4-3-8-1-2-8/h5-8H,1-2H2,(H,13,14). The average Bonchev–Trinajstić information content (AvgIpc) is 3.03. The second kappa shape index (κ2) is 3.88. The van der Waals surface area contributed by atoms with Crippen LogP contribution in [0.15, 0.2) is 18.6 Å². The van der Waals surface area contributed by atoms with Gasteiger partial charge in [-0.05, 0) is 12.8 Å². The summed E-state index contributed by atoms with van der Waals surface area (Å²) in [5.41, 5.74) is 0.289. The number of nitrogens with zero attached hydrogens (tertiary/aromatic N) is 2. The smallest absolute Gasteiger partial charge is 0.280 e. The van der Waals surface area contributed by atoms with Gasteiger partial charge >= 0.3 is 0 Å². The third-order valence-corrected chi connectivity index (χ3v) is 1.83. The van der Waals surface area contributed by atoms with Gasteiger partial charge in [0, 0.05) is 24.4 Å². The summed E-state index contributed by atoms with van der Waals surface area (Å²) in [6.07, 6.45) is 6.70. The molecule has 1 amide bonds. The molecule has 2 rings (SSSR count). The van der Waals surface area contributed by atoms with Crippen molar-refractivity contribution < 1.29 is 4.79 Å². The minimum absolute atomic E-state index is 0.289. The van der Waals surface area contributed by atoms with Crippen LogP contribution in [0.5, 0.6) is 0 Å². The maximum atomic E-state index is 11.3. The van der Waals surface area contributed by atoms with E-state index in [0.29, 0.717) is 5.92 Å². The van der Waals surface area contributed by atoms with Crippen molar-refractivity contribution in [2.75, 3.05) is 0 Å². The van der Waals surface area contributed by atoms with E-state index in [-0.39, 0.29) is 11.6 Å². The minimum atomic E-state index is -0.300. The molecule has 0 unspecified atom stereocenters. The number of nitrogens with one attached hydrogen (secondary N) is 1. The Bertz CT molecular complexity index is 387. The normalized spacial score (nSPS) is 14.0. The van der Waals surface area contributed by atoms with Crippen LogP contribution in [-0.4, -0.2) is 15.9 Å². The van der Waals surface area contributed by atoms with Crippen molar-refractivity contribution in [2.24, 2.45) is 5.92 Å². The van der Waals surface area contributed by atoms with Gasteiger partial charge in [-0.1, -0.05) is 5.92 Å². The molecule has 14 heavy (non-hydrogen) atoms. The van der Waals surface area contributed by atoms with Crippen LogP contribution in [0.2, 0.25) is 0 Å². The van der Waals surface area contributed by atoms with Crippen molar-refractivity contribution >= 4 is 5.91 Å². The van der Waals surface area contributed by atoms with Crippen molar-refractivity contribution in [3.8, 4) is 12.0 Å². The maximum absolute atomic E-state index is 11.3. The molecule has 0 radical (unpaired) electrons. The number of carbonyl (C=O) groups excluding carboxylic acids is 1. The molecule has 70 valence electrons. The first-order chi connectivity index (χ1) is 6.86. The Morgan fingerprint density at radius 1 is 1.50 bits per heavy atom. The van der Waals surface area contributed by atoms with Crippen molar-refractivity contribution in [1.82, 2.24) is 15.3 Å². The highest BCUT2D eigenvalue weighted by atomic mass is 16.1. The Morgan fingerprint density at radius 2 is 2.36 bits per heavy atom. The lowest BCUT2D eigenvalue weighted by Gasteiger charge is -1.94. The summed E-state index contributed by atoms with van der Waals surface area (Å²) >= 11 is 0. The van der Waals surface area contributed by atoms with E-state index in [4.69, 9.17) is 0 Å². The summed E-state index contributed by atoms with van der Waals surface area (Å²) in [6.45, 7) is 0. The molecule has 0 aliphatic heterocycles. The summed E-state index contributed by atoms with van der Waals surface area (Å²) in [4.78, 5) is 19.0. The Balaban J connectivity index is 1.93. The van der Waals surface area contributed by atoms with Crippen LogP contribution in [0.3, 0.4) is 0 Å². The van der Waals surface area contributed by atoms with E-state index in [1.165, 1.54) is 18.6 Å². The predicted molar refractivity (Wildman–Crippen MR) is 50.0 cm³/mol. The van der Waals surface area contributed by atoms with Gasteiger partial charge in [-0.2, -0.15) is 0 Å². The predicted octanol–water partition coefficient (Wildman–Crippen LogP) is 0.577. The molecule has 0 saturated heterocycles. The number of amides is 1. The first-order valence-corrected chi connectivity index (χ1v) is 4.43. The minimum Gasteiger partial charge on any atom is -0.280 e. The van der Waals surface area contributed by atoms with E-state index in [2.05, 4.69) is 27.2 Å². The van der Waals surface area contributed by atoms with Crippen LogP contribution >= 0.6 is 0 Å². The lowest BCUT2D eigenvalue weighted by atomic mass is 10.4. The molecule has 0 bridgehead atoms. The van der Waals surface area contributed by atoms with Gasteiger partial charge in [0.1, 0.15) is 5.69 Å². The highest BCUT2D eigenvalue weighted by Gasteiger charge is 2.17. The van der Waals surface area contributed by atoms with E-state index in [9.17, 15) is 4.79 Å². The van der Waals surface area contributed by atoms with E-state index in [1.807, 2.05) is 0 Å². The maximum Gasteiger partial charge on any atom is 0.282 e. The zero-order valence-electron chi connectivity index (χ0n) is 7.53. The molecule has 0 atom stereocenters. The van der Waals surface area contributed by atoms with Crippen molar-refractivity contribution in [2.45, 2.75) is 12.8 Å². The molecule has 1 aliphatic rings. The molecule has 1 aromatic heterocycles. The molecule has 4 nitrogen and oxygen atoms in total. The van der Waals surface area contributed by atoms with Crippen LogP contribution in [0.25, 0.3) is 0 Å². The van der Waals surface area contributed by atoms with Gasteiger partial charge < -0.3 is 0 Å². The molecule has 4 heteroatoms. The monoisotopic (exact) mass is 187 g/mol. The van der Waals surface area contributed by atoms with Crippen LogP contribution < -0.4 is 5.32 Å². The second-order valence-corrected chi connectivity index (χ2v) is 3.09. The fourth-order valence-corrected chi connectivity index (χ4v) is 0.903. The average molecular weight is 187 g/mol. The van der Waals surface area contributed by atoms with Crippen LogP contribution in [-0.2, 0) is 0 Å². The van der Waals surface area contributed by atoms with Gasteiger partial charge in [0.25, 0.3) is 5.91 Å². The number of carbonyl (C=O) groups is 1. The van der Waals surface area contributed by atoms with Crippen molar-refractivity contribution in [3.05, 3.63) is 24.3 Å². The zero-order chi connectivity index (χ0) is 9.80. The van der Waals surface area contributed by atoms with E-state index in [1.54, 1.807) is 0 Å². The number of hydrogen-bond donors (Lipinski definition) is 1. The molecule has 1 saturated carbocycles. The molecule has 1 fully saturated rings. The summed E-state index contributed by atoms with van der Waals surface area (Å²) in [5, 5.41) is 2.47. The molecular formula is C10H9N3O. The van der Waals surface area contributed by atoms with Gasteiger partial charge in [-0.15, -0.1) is 0 Å². The fraction of sp³-hybridized carbons (Fsp3) is 0.300. The Hall–Kier alpha value is -1.89. The summed E-state index contributed by atoms with van der Waals surface area (Å²) in [7, 11) is 0. The third-order valence-electron chi connectivity index (χ3n) is 1.83. The quantitative estimate of drug-likeness (QED) is 0.516. The molecule has 1 aromatic rings. The molecule has 0 aromatic carbocycles. The van der Waals surface area contributed by atoms with E-state index in [0.717, 1.165) is 12.8 Å². The Kier molecular flexibility index (Phi) is 2.41. The van der Waals surface area contributed by atoms with Gasteiger partial charge in [-0.3, -0.25) is 15.1 Å². The summed E-state index contributed by atoms with van der Waals surface area (Å²) in [5.74, 6) is 3.11. The molecule has 0 spiro atoms. The first kappa shape index (κ1) is 8.70. The lowest BCUT2D eigenvalue weighted by Crippen LogP contribution is -2.19. The van der Waals surface area contributed by atoms with Crippen LogP contribution in [0.1, 0.15) is 23.3 Å². The van der Waals surface area contributed by atoms with E-state index >= 15 is 0 Å². The molecule has 1 heterocycles. The SMILES string of the molecule is O=C(NC#CC1CC1)c1cnccn1. The summed E-state index contributed by atoms with van der Waals surface area (Å²) in [6, 6.07) is 2.63. The summed E-state index contributed by atoms with van der Waals surface area (Å²) < 4.78 is 0. The highest BCUT2D eigenvalue weighted by Crippen LogP contribution is 2.27. The van der Waals surface area contributed by atoms with Gasteiger partial charge in [0.15, 0.2) is 0 Å². The van der Waals surface area contributed by atoms with Gasteiger partial charge in [0.2, 0.25) is 0 Å². The van der Waals surface area contributed by atoms with Crippen molar-refractivity contribution in [1.29, 1.82) is 0 Å². The number of aromatic nitrogens is 2. The largest absolute Gasteiger partial charge is 0.282 e. The second-order valence-electron chi connectivity index (χ2n) is 3.09. The van der Waals surface area contributed by atoms with Gasteiger partial charge in [0.05, 0.1) is 6.20 Å². The molecule has 1 N–H and O–H groups in total. The third kappa shape index (κ3) is 2.30. The fourth-order valence-electron chi connectivity index (χ4n) is 0.903. The topological polar surface area (TPSA) is 54.9 Å². The van der Waals surface area contributed by atoms with Crippen molar-refractivity contribution in [3.63, 3.8) is 0 Å². The number of rotatable bonds is 1. The van der Waals surface area contributed by atoms with E-state index < -0.39 is 0 Å². The van der Waals surface area contributed by atoms with Crippen LogP contribution in [0.4, 0.5) is 0 Å². The highest BCUT2D eigenvalue weighted by molar-refractivity contribution is 5.93. The molecular weight excluding hydrogens is 178 g/mol.